The van der Waals surface area contributed by atoms with Gasteiger partial charge in [-0.15, -0.1) is 16.8 Å². The fourth-order valence-corrected chi connectivity index (χ4v) is 3.11. The van der Waals surface area contributed by atoms with E-state index in [1.54, 1.807) is 13.2 Å². The van der Waals surface area contributed by atoms with Gasteiger partial charge in [-0.25, -0.2) is 0 Å². The van der Waals surface area contributed by atoms with Gasteiger partial charge in [0.25, 0.3) is 0 Å². The van der Waals surface area contributed by atoms with Crippen molar-refractivity contribution in [1.82, 2.24) is 15.5 Å². The number of rotatable bonds is 8. The summed E-state index contributed by atoms with van der Waals surface area (Å²) in [7, 11) is 1.62. The van der Waals surface area contributed by atoms with Crippen LogP contribution in [0, 0.1) is 0 Å². The first-order valence-electron chi connectivity index (χ1n) is 6.46. The van der Waals surface area contributed by atoms with Gasteiger partial charge >= 0.3 is 0 Å². The minimum Gasteiger partial charge on any atom is -0.497 e. The Morgan fingerprint density at radius 2 is 2.36 bits per heavy atom. The second kappa shape index (κ2) is 8.40. The number of nitrogens with one attached hydrogen (secondary N) is 2. The van der Waals surface area contributed by atoms with Gasteiger partial charge in [0.1, 0.15) is 5.75 Å². The maximum absolute atomic E-state index is 11.5. The van der Waals surface area contributed by atoms with E-state index in [1.807, 2.05) is 24.3 Å². The average Bonchev–Trinajstić information content (AvgIpc) is 2.98. The highest BCUT2D eigenvalue weighted by atomic mass is 32.2. The number of thioether (sulfide) groups is 1. The van der Waals surface area contributed by atoms with Crippen LogP contribution in [0.2, 0.25) is 0 Å². The van der Waals surface area contributed by atoms with E-state index in [1.165, 1.54) is 23.1 Å². The molecular weight excluding hydrogens is 320 g/mol. The lowest BCUT2D eigenvalue weighted by molar-refractivity contribution is -0.118. The van der Waals surface area contributed by atoms with E-state index in [2.05, 4.69) is 27.4 Å². The molecule has 0 saturated carbocycles. The quantitative estimate of drug-likeness (QED) is 0.570. The minimum atomic E-state index is -0.0533. The zero-order valence-electron chi connectivity index (χ0n) is 12.0. The van der Waals surface area contributed by atoms with Crippen LogP contribution in [-0.4, -0.2) is 35.5 Å². The fraction of sp³-hybridized carbons (Fsp3) is 0.214. The van der Waals surface area contributed by atoms with E-state index in [9.17, 15) is 4.79 Å². The summed E-state index contributed by atoms with van der Waals surface area (Å²) >= 11 is 2.75. The molecule has 0 fully saturated rings. The maximum Gasteiger partial charge on any atom is 0.230 e. The summed E-state index contributed by atoms with van der Waals surface area (Å²) in [6, 6.07) is 7.55. The highest BCUT2D eigenvalue weighted by molar-refractivity contribution is 8.01. The Bertz CT molecular complexity index is 645. The van der Waals surface area contributed by atoms with Crippen LogP contribution in [-0.2, 0) is 4.79 Å². The van der Waals surface area contributed by atoms with Gasteiger partial charge in [0.2, 0.25) is 11.0 Å². The molecule has 0 radical (unpaired) electrons. The molecule has 0 spiro atoms. The average molecular weight is 336 g/mol. The number of amides is 1. The van der Waals surface area contributed by atoms with Crippen LogP contribution in [0.15, 0.2) is 41.3 Å². The largest absolute Gasteiger partial charge is 0.497 e. The maximum atomic E-state index is 11.5. The molecule has 0 atom stereocenters. The second-order valence-corrected chi connectivity index (χ2v) is 6.31. The molecule has 0 unspecified atom stereocenters. The lowest BCUT2D eigenvalue weighted by Crippen LogP contribution is -2.24. The predicted octanol–water partition coefficient (Wildman–Crippen LogP) is 2.68. The van der Waals surface area contributed by atoms with E-state index in [0.717, 1.165) is 15.8 Å². The van der Waals surface area contributed by atoms with Gasteiger partial charge < -0.3 is 15.4 Å². The molecule has 0 aliphatic heterocycles. The first-order valence-corrected chi connectivity index (χ1v) is 8.26. The lowest BCUT2D eigenvalue weighted by Gasteiger charge is -2.04. The first kappa shape index (κ1) is 16.3. The van der Waals surface area contributed by atoms with Gasteiger partial charge in [0.05, 0.1) is 12.9 Å². The third kappa shape index (κ3) is 5.05. The fourth-order valence-electron chi connectivity index (χ4n) is 1.51. The van der Waals surface area contributed by atoms with E-state index in [4.69, 9.17) is 4.74 Å². The van der Waals surface area contributed by atoms with Crippen LogP contribution in [0.5, 0.6) is 5.75 Å². The number of aromatic nitrogens is 2. The molecule has 0 aliphatic carbocycles. The summed E-state index contributed by atoms with van der Waals surface area (Å²) in [6.07, 6.45) is 1.64. The number of nitrogens with zero attached hydrogens (tertiary/aromatic N) is 2. The Kier molecular flexibility index (Phi) is 6.23. The van der Waals surface area contributed by atoms with Gasteiger partial charge in [-0.05, 0) is 12.1 Å². The zero-order chi connectivity index (χ0) is 15.8. The third-order valence-corrected chi connectivity index (χ3v) is 4.47. The molecular formula is C14H16N4O2S2. The van der Waals surface area contributed by atoms with Crippen molar-refractivity contribution in [2.24, 2.45) is 0 Å². The van der Waals surface area contributed by atoms with Crippen molar-refractivity contribution in [3.8, 4) is 5.75 Å². The summed E-state index contributed by atoms with van der Waals surface area (Å²) in [6.45, 7) is 4.02. The standard InChI is InChI=1S/C14H16N4O2S2/c1-3-7-15-12(19)9-21-14-18-17-13(22-14)16-10-5-4-6-11(8-10)20-2/h3-6,8H,1,7,9H2,2H3,(H,15,19)(H,16,17). The Balaban J connectivity index is 1.88. The number of hydrogen-bond acceptors (Lipinski definition) is 7. The van der Waals surface area contributed by atoms with Crippen LogP contribution in [0.4, 0.5) is 10.8 Å². The highest BCUT2D eigenvalue weighted by Gasteiger charge is 2.08. The minimum absolute atomic E-state index is 0.0533. The number of carbonyl (C=O) groups excluding carboxylic acids is 1. The molecule has 6 nitrogen and oxygen atoms in total. The number of benzene rings is 1. The van der Waals surface area contributed by atoms with Crippen molar-refractivity contribution in [2.45, 2.75) is 4.34 Å². The van der Waals surface area contributed by atoms with E-state index in [0.29, 0.717) is 17.4 Å². The predicted molar refractivity (Wildman–Crippen MR) is 90.1 cm³/mol. The zero-order valence-corrected chi connectivity index (χ0v) is 13.7. The van der Waals surface area contributed by atoms with Crippen LogP contribution in [0.25, 0.3) is 0 Å². The van der Waals surface area contributed by atoms with Gasteiger partial charge in [-0.3, -0.25) is 4.79 Å². The van der Waals surface area contributed by atoms with E-state index in [-0.39, 0.29) is 5.91 Å². The summed E-state index contributed by atoms with van der Waals surface area (Å²) in [5, 5.41) is 14.6. The lowest BCUT2D eigenvalue weighted by atomic mass is 10.3. The molecule has 8 heteroatoms. The van der Waals surface area contributed by atoms with Crippen molar-refractivity contribution in [2.75, 3.05) is 24.7 Å². The number of methoxy groups -OCH3 is 1. The topological polar surface area (TPSA) is 76.1 Å². The van der Waals surface area contributed by atoms with Gasteiger partial charge in [0, 0.05) is 18.3 Å². The Morgan fingerprint density at radius 1 is 1.50 bits per heavy atom. The Hall–Kier alpha value is -2.06. The first-order chi connectivity index (χ1) is 10.7. The molecule has 2 rings (SSSR count). The normalized spacial score (nSPS) is 10.0. The second-order valence-electron chi connectivity index (χ2n) is 4.11. The molecule has 1 heterocycles. The Labute approximate surface area is 137 Å². The molecule has 2 N–H and O–H groups in total. The van der Waals surface area contributed by atoms with Crippen molar-refractivity contribution in [3.05, 3.63) is 36.9 Å². The number of carbonyl (C=O) groups is 1. The third-order valence-electron chi connectivity index (χ3n) is 2.50. The van der Waals surface area contributed by atoms with Crippen molar-refractivity contribution < 1.29 is 9.53 Å². The van der Waals surface area contributed by atoms with Crippen molar-refractivity contribution in [1.29, 1.82) is 0 Å². The molecule has 22 heavy (non-hydrogen) atoms. The summed E-state index contributed by atoms with van der Waals surface area (Å²) in [5.74, 6) is 1.02. The van der Waals surface area contributed by atoms with Gasteiger partial charge in [-0.1, -0.05) is 35.2 Å². The molecule has 0 bridgehead atoms. The summed E-state index contributed by atoms with van der Waals surface area (Å²) in [4.78, 5) is 11.5. The number of ether oxygens (including phenoxy) is 1. The van der Waals surface area contributed by atoms with Crippen molar-refractivity contribution >= 4 is 39.8 Å². The molecule has 1 amide bonds. The highest BCUT2D eigenvalue weighted by Crippen LogP contribution is 2.28. The Morgan fingerprint density at radius 3 is 3.14 bits per heavy atom. The summed E-state index contributed by atoms with van der Waals surface area (Å²) in [5.41, 5.74) is 0.871. The molecule has 116 valence electrons. The number of anilines is 2. The SMILES string of the molecule is C=CCNC(=O)CSc1nnc(Nc2cccc(OC)c2)s1. The summed E-state index contributed by atoms with van der Waals surface area (Å²) < 4.78 is 5.90. The number of hydrogen-bond donors (Lipinski definition) is 2. The van der Waals surface area contributed by atoms with Crippen LogP contribution in [0.1, 0.15) is 0 Å². The monoisotopic (exact) mass is 336 g/mol. The molecule has 0 saturated heterocycles. The van der Waals surface area contributed by atoms with E-state index >= 15 is 0 Å². The van der Waals surface area contributed by atoms with E-state index < -0.39 is 0 Å². The molecule has 1 aromatic carbocycles. The van der Waals surface area contributed by atoms with Gasteiger partial charge in [-0.2, -0.15) is 0 Å². The van der Waals surface area contributed by atoms with Crippen LogP contribution < -0.4 is 15.4 Å². The molecule has 1 aromatic heterocycles. The van der Waals surface area contributed by atoms with Crippen LogP contribution in [0.3, 0.4) is 0 Å². The van der Waals surface area contributed by atoms with Crippen molar-refractivity contribution in [3.63, 3.8) is 0 Å². The molecule has 0 aliphatic rings. The van der Waals surface area contributed by atoms with Gasteiger partial charge in [0.15, 0.2) is 4.34 Å². The molecule has 2 aromatic rings. The van der Waals surface area contributed by atoms with Crippen LogP contribution >= 0.6 is 23.1 Å². The smallest absolute Gasteiger partial charge is 0.230 e.